The first-order valence-corrected chi connectivity index (χ1v) is 4.98. The summed E-state index contributed by atoms with van der Waals surface area (Å²) in [5.74, 6) is -1.49. The molecule has 0 amide bonds. The molecule has 2 N–H and O–H groups in total. The van der Waals surface area contributed by atoms with Crippen LogP contribution in [0.25, 0.3) is 11.1 Å². The van der Waals surface area contributed by atoms with Crippen molar-refractivity contribution >= 4 is 11.4 Å². The molecule has 0 spiro atoms. The Bertz CT molecular complexity index is 609. The molecule has 0 aliphatic carbocycles. The van der Waals surface area contributed by atoms with Crippen LogP contribution < -0.4 is 5.73 Å². The summed E-state index contributed by atoms with van der Waals surface area (Å²) in [5.41, 5.74) is 5.69. The van der Waals surface area contributed by atoms with Crippen LogP contribution >= 0.6 is 0 Å². The second-order valence-electron chi connectivity index (χ2n) is 3.69. The molecule has 2 rings (SSSR count). The maximum Gasteiger partial charge on any atom is 0.292 e. The molecule has 6 heteroatoms. The van der Waals surface area contributed by atoms with E-state index in [0.717, 1.165) is 18.2 Å². The first-order chi connectivity index (χ1) is 8.47. The molecule has 0 atom stereocenters. The Morgan fingerprint density at radius 1 is 1.00 bits per heavy atom. The van der Waals surface area contributed by atoms with Crippen molar-refractivity contribution in [2.24, 2.45) is 0 Å². The summed E-state index contributed by atoms with van der Waals surface area (Å²) >= 11 is 0. The highest BCUT2D eigenvalue weighted by atomic mass is 19.1. The van der Waals surface area contributed by atoms with E-state index in [4.69, 9.17) is 5.73 Å². The molecule has 0 aliphatic heterocycles. The van der Waals surface area contributed by atoms with Crippen molar-refractivity contribution in [3.8, 4) is 11.1 Å². The van der Waals surface area contributed by atoms with Gasteiger partial charge in [-0.1, -0.05) is 6.07 Å². The van der Waals surface area contributed by atoms with Gasteiger partial charge < -0.3 is 5.73 Å². The Balaban J connectivity index is 2.57. The van der Waals surface area contributed by atoms with Gasteiger partial charge in [-0.15, -0.1) is 0 Å². The van der Waals surface area contributed by atoms with Crippen LogP contribution in [0.2, 0.25) is 0 Å². The van der Waals surface area contributed by atoms with E-state index < -0.39 is 16.6 Å². The molecule has 2 aromatic carbocycles. The summed E-state index contributed by atoms with van der Waals surface area (Å²) in [5, 5.41) is 10.7. The van der Waals surface area contributed by atoms with Crippen LogP contribution in [0.15, 0.2) is 36.4 Å². The van der Waals surface area contributed by atoms with Gasteiger partial charge in [0, 0.05) is 12.1 Å². The summed E-state index contributed by atoms with van der Waals surface area (Å²) in [7, 11) is 0. The van der Waals surface area contributed by atoms with Gasteiger partial charge in [0.1, 0.15) is 17.3 Å². The minimum Gasteiger partial charge on any atom is -0.393 e. The highest BCUT2D eigenvalue weighted by molar-refractivity contribution is 5.72. The fraction of sp³-hybridized carbons (Fsp3) is 0. The van der Waals surface area contributed by atoms with Crippen molar-refractivity contribution in [2.75, 3.05) is 5.73 Å². The third kappa shape index (κ3) is 2.27. The van der Waals surface area contributed by atoms with Crippen LogP contribution in [0.1, 0.15) is 0 Å². The van der Waals surface area contributed by atoms with Crippen LogP contribution in [0.5, 0.6) is 0 Å². The highest BCUT2D eigenvalue weighted by Gasteiger charge is 2.13. The van der Waals surface area contributed by atoms with Crippen molar-refractivity contribution in [3.05, 3.63) is 58.1 Å². The fourth-order valence-corrected chi connectivity index (χ4v) is 1.60. The summed E-state index contributed by atoms with van der Waals surface area (Å²) < 4.78 is 26.1. The van der Waals surface area contributed by atoms with Gasteiger partial charge in [-0.2, -0.15) is 0 Å². The maximum atomic E-state index is 13.1. The predicted molar refractivity (Wildman–Crippen MR) is 62.9 cm³/mol. The number of nitrogen functional groups attached to an aromatic ring is 1. The smallest absolute Gasteiger partial charge is 0.292 e. The van der Waals surface area contributed by atoms with E-state index in [9.17, 15) is 18.9 Å². The second kappa shape index (κ2) is 4.40. The third-order valence-corrected chi connectivity index (χ3v) is 2.42. The van der Waals surface area contributed by atoms with E-state index in [1.807, 2.05) is 0 Å². The Morgan fingerprint density at radius 3 is 2.17 bits per heavy atom. The lowest BCUT2D eigenvalue weighted by molar-refractivity contribution is -0.383. The van der Waals surface area contributed by atoms with Gasteiger partial charge in [0.15, 0.2) is 0 Å². The van der Waals surface area contributed by atoms with Crippen molar-refractivity contribution in [1.29, 1.82) is 0 Å². The predicted octanol–water partition coefficient (Wildman–Crippen LogP) is 3.12. The number of halogens is 2. The van der Waals surface area contributed by atoms with Gasteiger partial charge >= 0.3 is 0 Å². The number of hydrogen-bond donors (Lipinski definition) is 1. The summed E-state index contributed by atoms with van der Waals surface area (Å²) in [6.45, 7) is 0. The van der Waals surface area contributed by atoms with E-state index in [0.29, 0.717) is 5.56 Å². The van der Waals surface area contributed by atoms with Crippen LogP contribution in [-0.4, -0.2) is 4.92 Å². The SMILES string of the molecule is Nc1ccc(-c2cc(F)cc(F)c2)cc1[N+](=O)[O-]. The number of nitro groups is 1. The maximum absolute atomic E-state index is 13.1. The molecule has 0 radical (unpaired) electrons. The van der Waals surface area contributed by atoms with Crippen molar-refractivity contribution < 1.29 is 13.7 Å². The molecular formula is C12H8F2N2O2. The van der Waals surface area contributed by atoms with Crippen molar-refractivity contribution in [1.82, 2.24) is 0 Å². The molecule has 0 fully saturated rings. The topological polar surface area (TPSA) is 69.2 Å². The fourth-order valence-electron chi connectivity index (χ4n) is 1.60. The van der Waals surface area contributed by atoms with Gasteiger partial charge in [-0.25, -0.2) is 8.78 Å². The summed E-state index contributed by atoms with van der Waals surface area (Å²) in [4.78, 5) is 10.1. The Morgan fingerprint density at radius 2 is 1.61 bits per heavy atom. The van der Waals surface area contributed by atoms with Crippen LogP contribution in [0.4, 0.5) is 20.2 Å². The molecule has 0 aromatic heterocycles. The highest BCUT2D eigenvalue weighted by Crippen LogP contribution is 2.29. The van der Waals surface area contributed by atoms with E-state index in [-0.39, 0.29) is 16.9 Å². The van der Waals surface area contributed by atoms with Crippen molar-refractivity contribution in [2.45, 2.75) is 0 Å². The normalized spacial score (nSPS) is 10.3. The van der Waals surface area contributed by atoms with E-state index in [2.05, 4.69) is 0 Å². The zero-order valence-electron chi connectivity index (χ0n) is 9.06. The lowest BCUT2D eigenvalue weighted by atomic mass is 10.0. The van der Waals surface area contributed by atoms with E-state index in [1.165, 1.54) is 18.2 Å². The average molecular weight is 250 g/mol. The van der Waals surface area contributed by atoms with E-state index >= 15 is 0 Å². The van der Waals surface area contributed by atoms with Gasteiger partial charge in [0.05, 0.1) is 4.92 Å². The lowest BCUT2D eigenvalue weighted by Gasteiger charge is -2.04. The molecule has 0 saturated carbocycles. The van der Waals surface area contributed by atoms with Gasteiger partial charge in [-0.05, 0) is 29.3 Å². The molecule has 0 unspecified atom stereocenters. The van der Waals surface area contributed by atoms with E-state index in [1.54, 1.807) is 0 Å². The average Bonchev–Trinajstić information content (AvgIpc) is 2.27. The zero-order valence-corrected chi connectivity index (χ0v) is 9.06. The minimum absolute atomic E-state index is 0.000579. The summed E-state index contributed by atoms with van der Waals surface area (Å²) in [6, 6.07) is 6.91. The van der Waals surface area contributed by atoms with Gasteiger partial charge in [0.25, 0.3) is 5.69 Å². The molecule has 18 heavy (non-hydrogen) atoms. The lowest BCUT2D eigenvalue weighted by Crippen LogP contribution is -1.96. The van der Waals surface area contributed by atoms with Gasteiger partial charge in [0.2, 0.25) is 0 Å². The molecule has 0 saturated heterocycles. The first-order valence-electron chi connectivity index (χ1n) is 4.98. The molecule has 2 aromatic rings. The number of nitrogens with zero attached hydrogens (tertiary/aromatic N) is 1. The Hall–Kier alpha value is -2.50. The molecule has 0 aliphatic rings. The quantitative estimate of drug-likeness (QED) is 0.505. The minimum atomic E-state index is -0.746. The first kappa shape index (κ1) is 12.0. The molecule has 4 nitrogen and oxygen atoms in total. The van der Waals surface area contributed by atoms with Crippen LogP contribution in [0.3, 0.4) is 0 Å². The largest absolute Gasteiger partial charge is 0.393 e. The number of benzene rings is 2. The van der Waals surface area contributed by atoms with Crippen LogP contribution in [0, 0.1) is 21.7 Å². The van der Waals surface area contributed by atoms with Crippen molar-refractivity contribution in [3.63, 3.8) is 0 Å². The number of nitrogens with two attached hydrogens (primary N) is 1. The van der Waals surface area contributed by atoms with Crippen LogP contribution in [-0.2, 0) is 0 Å². The zero-order chi connectivity index (χ0) is 13.3. The Labute approximate surface area is 101 Å². The number of hydrogen-bond acceptors (Lipinski definition) is 3. The molecule has 92 valence electrons. The number of rotatable bonds is 2. The molecule has 0 heterocycles. The number of nitro benzene ring substituents is 1. The molecular weight excluding hydrogens is 242 g/mol. The Kier molecular flexibility index (Phi) is 2.93. The monoisotopic (exact) mass is 250 g/mol. The van der Waals surface area contributed by atoms with Gasteiger partial charge in [-0.3, -0.25) is 10.1 Å². The second-order valence-corrected chi connectivity index (χ2v) is 3.69. The number of anilines is 1. The molecule has 0 bridgehead atoms. The standard InChI is InChI=1S/C12H8F2N2O2/c13-9-3-8(4-10(14)6-9)7-1-2-11(15)12(5-7)16(17)18/h1-6H,15H2. The summed E-state index contributed by atoms with van der Waals surface area (Å²) in [6.07, 6.45) is 0. The third-order valence-electron chi connectivity index (χ3n) is 2.42.